The molecule has 2 rings (SSSR count). The van der Waals surface area contributed by atoms with Gasteiger partial charge >= 0.3 is 0 Å². The van der Waals surface area contributed by atoms with Crippen LogP contribution in [0.25, 0.3) is 11.3 Å². The second-order valence-corrected chi connectivity index (χ2v) is 3.67. The summed E-state index contributed by atoms with van der Waals surface area (Å²) in [6.45, 7) is 4.89. The fourth-order valence-electron chi connectivity index (χ4n) is 1.95. The lowest BCUT2D eigenvalue weighted by molar-refractivity contribution is 0.112. The predicted octanol–water partition coefficient (Wildman–Crippen LogP) is 2.69. The Morgan fingerprint density at radius 3 is 2.88 bits per heavy atom. The van der Waals surface area contributed by atoms with Crippen LogP contribution in [0.3, 0.4) is 0 Å². The number of carbonyl (C=O) groups is 1. The van der Waals surface area contributed by atoms with E-state index in [0.29, 0.717) is 0 Å². The summed E-state index contributed by atoms with van der Waals surface area (Å²) in [6, 6.07) is 5.82. The highest BCUT2D eigenvalue weighted by Gasteiger charge is 2.11. The zero-order chi connectivity index (χ0) is 11.5. The Morgan fingerprint density at radius 2 is 2.31 bits per heavy atom. The normalized spacial score (nSPS) is 10.4. The maximum absolute atomic E-state index is 10.9. The van der Waals surface area contributed by atoms with Crippen LogP contribution in [0.4, 0.5) is 0 Å². The molecule has 0 fully saturated rings. The van der Waals surface area contributed by atoms with E-state index in [9.17, 15) is 4.79 Å². The van der Waals surface area contributed by atoms with Crippen molar-refractivity contribution < 1.29 is 4.79 Å². The fourth-order valence-corrected chi connectivity index (χ4v) is 1.95. The SMILES string of the molecule is CCn1c(-c2cccnc2)cc(C=O)c1C. The Kier molecular flexibility index (Phi) is 2.86. The van der Waals surface area contributed by atoms with E-state index >= 15 is 0 Å². The molecule has 3 nitrogen and oxygen atoms in total. The van der Waals surface area contributed by atoms with Gasteiger partial charge in [0.1, 0.15) is 0 Å². The number of aromatic nitrogens is 2. The number of rotatable bonds is 3. The van der Waals surface area contributed by atoms with Gasteiger partial charge < -0.3 is 4.57 Å². The van der Waals surface area contributed by atoms with Crippen molar-refractivity contribution >= 4 is 6.29 Å². The van der Waals surface area contributed by atoms with Gasteiger partial charge in [-0.25, -0.2) is 0 Å². The second-order valence-electron chi connectivity index (χ2n) is 3.67. The average Bonchev–Trinajstić information content (AvgIpc) is 2.66. The molecule has 16 heavy (non-hydrogen) atoms. The number of hydrogen-bond donors (Lipinski definition) is 0. The lowest BCUT2D eigenvalue weighted by Gasteiger charge is -2.08. The summed E-state index contributed by atoms with van der Waals surface area (Å²) in [5.41, 5.74) is 3.85. The zero-order valence-electron chi connectivity index (χ0n) is 9.47. The molecule has 0 unspecified atom stereocenters. The maximum Gasteiger partial charge on any atom is 0.151 e. The molecule has 0 aliphatic rings. The van der Waals surface area contributed by atoms with Crippen molar-refractivity contribution in [1.82, 2.24) is 9.55 Å². The molecule has 3 heteroatoms. The molecule has 0 saturated heterocycles. The molecule has 0 radical (unpaired) electrons. The zero-order valence-corrected chi connectivity index (χ0v) is 9.47. The molecule has 0 saturated carbocycles. The molecule has 0 N–H and O–H groups in total. The van der Waals surface area contributed by atoms with E-state index in [-0.39, 0.29) is 0 Å². The first kappa shape index (κ1) is 10.6. The van der Waals surface area contributed by atoms with Gasteiger partial charge in [-0.2, -0.15) is 0 Å². The van der Waals surface area contributed by atoms with Crippen molar-refractivity contribution in [2.45, 2.75) is 20.4 Å². The average molecular weight is 214 g/mol. The fraction of sp³-hybridized carbons (Fsp3) is 0.231. The number of carbonyl (C=O) groups excluding carboxylic acids is 1. The van der Waals surface area contributed by atoms with Gasteiger partial charge in [-0.15, -0.1) is 0 Å². The molecule has 0 aliphatic carbocycles. The highest BCUT2D eigenvalue weighted by atomic mass is 16.1. The molecular formula is C13H14N2O. The Morgan fingerprint density at radius 1 is 1.50 bits per heavy atom. The van der Waals surface area contributed by atoms with Crippen LogP contribution in [0, 0.1) is 6.92 Å². The van der Waals surface area contributed by atoms with E-state index in [2.05, 4.69) is 16.5 Å². The van der Waals surface area contributed by atoms with Gasteiger partial charge in [0.25, 0.3) is 0 Å². The third kappa shape index (κ3) is 1.65. The quantitative estimate of drug-likeness (QED) is 0.736. The molecular weight excluding hydrogens is 200 g/mol. The van der Waals surface area contributed by atoms with Crippen molar-refractivity contribution in [3.8, 4) is 11.3 Å². The van der Waals surface area contributed by atoms with Crippen LogP contribution in [0.15, 0.2) is 30.6 Å². The highest BCUT2D eigenvalue weighted by molar-refractivity contribution is 5.80. The largest absolute Gasteiger partial charge is 0.344 e. The van der Waals surface area contributed by atoms with Gasteiger partial charge in [0.15, 0.2) is 6.29 Å². The number of nitrogens with zero attached hydrogens (tertiary/aromatic N) is 2. The van der Waals surface area contributed by atoms with Gasteiger partial charge in [-0.1, -0.05) is 0 Å². The Labute approximate surface area is 94.7 Å². The maximum atomic E-state index is 10.9. The summed E-state index contributed by atoms with van der Waals surface area (Å²) in [4.78, 5) is 15.0. The van der Waals surface area contributed by atoms with Crippen LogP contribution in [0.5, 0.6) is 0 Å². The topological polar surface area (TPSA) is 34.9 Å². The summed E-state index contributed by atoms with van der Waals surface area (Å²) in [5, 5.41) is 0. The standard InChI is InChI=1S/C13H14N2O/c1-3-15-10(2)12(9-16)7-13(15)11-5-4-6-14-8-11/h4-9H,3H2,1-2H3. The van der Waals surface area contributed by atoms with Crippen molar-refractivity contribution in [3.63, 3.8) is 0 Å². The van der Waals surface area contributed by atoms with E-state index in [1.165, 1.54) is 0 Å². The molecule has 82 valence electrons. The second kappa shape index (κ2) is 4.31. The lowest BCUT2D eigenvalue weighted by Crippen LogP contribution is -1.99. The first-order chi connectivity index (χ1) is 7.77. The van der Waals surface area contributed by atoms with Crippen LogP contribution >= 0.6 is 0 Å². The van der Waals surface area contributed by atoms with Crippen molar-refractivity contribution in [1.29, 1.82) is 0 Å². The minimum absolute atomic E-state index is 0.751. The van der Waals surface area contributed by atoms with Gasteiger partial charge in [-0.3, -0.25) is 9.78 Å². The van der Waals surface area contributed by atoms with Crippen LogP contribution in [-0.4, -0.2) is 15.8 Å². The Bertz CT molecular complexity index is 500. The predicted molar refractivity (Wildman–Crippen MR) is 63.5 cm³/mol. The third-order valence-electron chi connectivity index (χ3n) is 2.81. The molecule has 0 aliphatic heterocycles. The molecule has 2 aromatic heterocycles. The van der Waals surface area contributed by atoms with E-state index in [0.717, 1.165) is 35.3 Å². The molecule has 0 spiro atoms. The first-order valence-electron chi connectivity index (χ1n) is 5.33. The summed E-state index contributed by atoms with van der Waals surface area (Å²) >= 11 is 0. The van der Waals surface area contributed by atoms with Crippen LogP contribution in [-0.2, 0) is 6.54 Å². The summed E-state index contributed by atoms with van der Waals surface area (Å²) in [7, 11) is 0. The molecule has 0 amide bonds. The molecule has 0 atom stereocenters. The van der Waals surface area contributed by atoms with Crippen LogP contribution in [0.1, 0.15) is 23.0 Å². The van der Waals surface area contributed by atoms with E-state index in [1.54, 1.807) is 6.20 Å². The lowest BCUT2D eigenvalue weighted by atomic mass is 10.2. The van der Waals surface area contributed by atoms with Crippen LogP contribution in [0.2, 0.25) is 0 Å². The van der Waals surface area contributed by atoms with E-state index in [1.807, 2.05) is 31.3 Å². The highest BCUT2D eigenvalue weighted by Crippen LogP contribution is 2.24. The van der Waals surface area contributed by atoms with Crippen LogP contribution < -0.4 is 0 Å². The van der Waals surface area contributed by atoms with Crippen molar-refractivity contribution in [2.75, 3.05) is 0 Å². The third-order valence-corrected chi connectivity index (χ3v) is 2.81. The smallest absolute Gasteiger partial charge is 0.151 e. The minimum Gasteiger partial charge on any atom is -0.344 e. The summed E-state index contributed by atoms with van der Waals surface area (Å²) < 4.78 is 2.13. The van der Waals surface area contributed by atoms with Gasteiger partial charge in [0.05, 0.1) is 5.69 Å². The summed E-state index contributed by atoms with van der Waals surface area (Å²) in [5.74, 6) is 0. The van der Waals surface area contributed by atoms with E-state index in [4.69, 9.17) is 0 Å². The van der Waals surface area contributed by atoms with Crippen molar-refractivity contribution in [2.24, 2.45) is 0 Å². The molecule has 2 aromatic rings. The Hall–Kier alpha value is -1.90. The first-order valence-corrected chi connectivity index (χ1v) is 5.33. The number of hydrogen-bond acceptors (Lipinski definition) is 2. The number of pyridine rings is 1. The van der Waals surface area contributed by atoms with Gasteiger partial charge in [-0.05, 0) is 32.0 Å². The molecule has 0 aromatic carbocycles. The monoisotopic (exact) mass is 214 g/mol. The van der Waals surface area contributed by atoms with Crippen molar-refractivity contribution in [3.05, 3.63) is 41.9 Å². The van der Waals surface area contributed by atoms with Gasteiger partial charge in [0.2, 0.25) is 0 Å². The minimum atomic E-state index is 0.751. The van der Waals surface area contributed by atoms with Gasteiger partial charge in [0, 0.05) is 35.8 Å². The molecule has 0 bridgehead atoms. The number of aldehydes is 1. The molecule has 2 heterocycles. The summed E-state index contributed by atoms with van der Waals surface area (Å²) in [6.07, 6.45) is 4.47. The van der Waals surface area contributed by atoms with E-state index < -0.39 is 0 Å². The Balaban J connectivity index is 2.61.